The third-order valence-electron chi connectivity index (χ3n) is 3.24. The van der Waals surface area contributed by atoms with E-state index in [-0.39, 0.29) is 12.5 Å². The molecule has 0 aromatic heterocycles. The van der Waals surface area contributed by atoms with Crippen LogP contribution in [0, 0.1) is 11.3 Å². The van der Waals surface area contributed by atoms with Crippen LogP contribution in [0.15, 0.2) is 30.3 Å². The molecule has 1 saturated heterocycles. The minimum Gasteiger partial charge on any atom is -0.395 e. The molecular weight excluding hydrogens is 252 g/mol. The van der Waals surface area contributed by atoms with Gasteiger partial charge in [0, 0.05) is 5.92 Å². The molecule has 0 unspecified atom stereocenters. The van der Waals surface area contributed by atoms with E-state index in [1.807, 2.05) is 36.4 Å². The molecule has 1 fully saturated rings. The quantitative estimate of drug-likeness (QED) is 0.853. The lowest BCUT2D eigenvalue weighted by Gasteiger charge is -2.49. The molecular formula is C12H14N2O3S. The first-order chi connectivity index (χ1) is 8.50. The van der Waals surface area contributed by atoms with Crippen molar-refractivity contribution >= 4 is 10.0 Å². The first-order valence-corrected chi connectivity index (χ1v) is 7.39. The Morgan fingerprint density at radius 3 is 2.44 bits per heavy atom. The van der Waals surface area contributed by atoms with Gasteiger partial charge in [0.15, 0.2) is 0 Å². The summed E-state index contributed by atoms with van der Waals surface area (Å²) in [6, 6.07) is 9.93. The van der Waals surface area contributed by atoms with Gasteiger partial charge in [-0.25, -0.2) is 8.42 Å². The first-order valence-electron chi connectivity index (χ1n) is 5.54. The van der Waals surface area contributed by atoms with Gasteiger partial charge in [-0.2, -0.15) is 9.57 Å². The van der Waals surface area contributed by atoms with E-state index in [0.717, 1.165) is 16.1 Å². The van der Waals surface area contributed by atoms with E-state index in [2.05, 4.69) is 0 Å². The van der Waals surface area contributed by atoms with E-state index in [0.29, 0.717) is 0 Å². The molecule has 0 bridgehead atoms. The molecule has 3 atom stereocenters. The predicted molar refractivity (Wildman–Crippen MR) is 66.1 cm³/mol. The van der Waals surface area contributed by atoms with Crippen LogP contribution in [0.1, 0.15) is 11.5 Å². The maximum Gasteiger partial charge on any atom is 0.212 e. The highest BCUT2D eigenvalue weighted by molar-refractivity contribution is 7.88. The minimum atomic E-state index is -3.48. The molecule has 5 nitrogen and oxygen atoms in total. The van der Waals surface area contributed by atoms with Crippen LogP contribution in [0.4, 0.5) is 0 Å². The molecule has 1 aliphatic heterocycles. The normalized spacial score (nSPS) is 28.4. The van der Waals surface area contributed by atoms with Crippen LogP contribution < -0.4 is 0 Å². The topological polar surface area (TPSA) is 81.4 Å². The van der Waals surface area contributed by atoms with Gasteiger partial charge in [-0.3, -0.25) is 0 Å². The molecule has 0 amide bonds. The standard InChI is InChI=1S/C12H14N2O3S/c1-18(16,17)14-10(7-13)12(11(14)8-15)9-5-3-2-4-6-9/h2-6,10-12,15H,8H2,1H3/t10-,11-,12+/m0/s1. The lowest BCUT2D eigenvalue weighted by Crippen LogP contribution is -2.64. The van der Waals surface area contributed by atoms with Gasteiger partial charge in [0.25, 0.3) is 0 Å². The van der Waals surface area contributed by atoms with Crippen LogP contribution in [0.5, 0.6) is 0 Å². The summed E-state index contributed by atoms with van der Waals surface area (Å²) < 4.78 is 24.3. The van der Waals surface area contributed by atoms with Crippen LogP contribution in [0.3, 0.4) is 0 Å². The Balaban J connectivity index is 2.37. The van der Waals surface area contributed by atoms with Crippen LogP contribution in [0.25, 0.3) is 0 Å². The second-order valence-corrected chi connectivity index (χ2v) is 6.24. The fourth-order valence-corrected chi connectivity index (χ4v) is 3.78. The Morgan fingerprint density at radius 2 is 2.00 bits per heavy atom. The van der Waals surface area contributed by atoms with Gasteiger partial charge in [-0.05, 0) is 5.56 Å². The Hall–Kier alpha value is -1.42. The lowest BCUT2D eigenvalue weighted by atomic mass is 9.78. The van der Waals surface area contributed by atoms with Crippen molar-refractivity contribution in [1.29, 1.82) is 5.26 Å². The highest BCUT2D eigenvalue weighted by Gasteiger charge is 2.53. The third kappa shape index (κ3) is 2.01. The van der Waals surface area contributed by atoms with Gasteiger partial charge in [0.2, 0.25) is 10.0 Å². The van der Waals surface area contributed by atoms with Crippen molar-refractivity contribution < 1.29 is 13.5 Å². The highest BCUT2D eigenvalue weighted by Crippen LogP contribution is 2.41. The van der Waals surface area contributed by atoms with E-state index < -0.39 is 22.1 Å². The smallest absolute Gasteiger partial charge is 0.212 e. The summed E-state index contributed by atoms with van der Waals surface area (Å²) >= 11 is 0. The molecule has 1 aromatic rings. The molecule has 0 radical (unpaired) electrons. The summed E-state index contributed by atoms with van der Waals surface area (Å²) in [5, 5.41) is 18.5. The van der Waals surface area contributed by atoms with Gasteiger partial charge in [0.1, 0.15) is 6.04 Å². The highest BCUT2D eigenvalue weighted by atomic mass is 32.2. The Kier molecular flexibility index (Phi) is 3.39. The summed E-state index contributed by atoms with van der Waals surface area (Å²) in [6.07, 6.45) is 1.06. The van der Waals surface area contributed by atoms with Crippen LogP contribution in [0.2, 0.25) is 0 Å². The lowest BCUT2D eigenvalue weighted by molar-refractivity contribution is 0.0564. The zero-order chi connectivity index (χ0) is 13.3. The number of sulfonamides is 1. The second-order valence-electron chi connectivity index (χ2n) is 4.35. The molecule has 0 saturated carbocycles. The predicted octanol–water partition coefficient (Wildman–Crippen LogP) is 0.298. The summed E-state index contributed by atoms with van der Waals surface area (Å²) in [7, 11) is -3.48. The van der Waals surface area contributed by atoms with E-state index in [9.17, 15) is 13.5 Å². The van der Waals surface area contributed by atoms with E-state index in [4.69, 9.17) is 5.26 Å². The van der Waals surface area contributed by atoms with Gasteiger partial charge < -0.3 is 5.11 Å². The fourth-order valence-electron chi connectivity index (χ4n) is 2.49. The van der Waals surface area contributed by atoms with Crippen molar-refractivity contribution in [3.63, 3.8) is 0 Å². The van der Waals surface area contributed by atoms with Gasteiger partial charge >= 0.3 is 0 Å². The Bertz CT molecular complexity index is 565. The van der Waals surface area contributed by atoms with E-state index in [1.54, 1.807) is 0 Å². The maximum absolute atomic E-state index is 11.6. The largest absolute Gasteiger partial charge is 0.395 e. The number of aliphatic hydroxyl groups is 1. The van der Waals surface area contributed by atoms with Crippen molar-refractivity contribution in [2.45, 2.75) is 18.0 Å². The van der Waals surface area contributed by atoms with Crippen molar-refractivity contribution in [3.05, 3.63) is 35.9 Å². The summed E-state index contributed by atoms with van der Waals surface area (Å²) in [5.41, 5.74) is 0.878. The Labute approximate surface area is 106 Å². The number of nitrogens with zero attached hydrogens (tertiary/aromatic N) is 2. The van der Waals surface area contributed by atoms with Crippen molar-refractivity contribution in [2.24, 2.45) is 0 Å². The molecule has 2 rings (SSSR count). The number of aliphatic hydroxyl groups excluding tert-OH is 1. The van der Waals surface area contributed by atoms with Crippen molar-refractivity contribution in [3.8, 4) is 6.07 Å². The number of benzene rings is 1. The fraction of sp³-hybridized carbons (Fsp3) is 0.417. The molecule has 6 heteroatoms. The number of rotatable bonds is 3. The average Bonchev–Trinajstić information content (AvgIpc) is 2.28. The van der Waals surface area contributed by atoms with Crippen LogP contribution in [-0.2, 0) is 10.0 Å². The molecule has 1 N–H and O–H groups in total. The summed E-state index contributed by atoms with van der Waals surface area (Å²) in [6.45, 7) is -0.287. The SMILES string of the molecule is CS(=O)(=O)N1[C@@H](C#N)[C@@H](c2ccccc2)[C@@H]1CO. The summed E-state index contributed by atoms with van der Waals surface area (Å²) in [4.78, 5) is 0. The second kappa shape index (κ2) is 4.69. The Morgan fingerprint density at radius 1 is 1.39 bits per heavy atom. The zero-order valence-corrected chi connectivity index (χ0v) is 10.7. The van der Waals surface area contributed by atoms with E-state index >= 15 is 0 Å². The van der Waals surface area contributed by atoms with Crippen LogP contribution >= 0.6 is 0 Å². The molecule has 1 aromatic carbocycles. The molecule has 18 heavy (non-hydrogen) atoms. The monoisotopic (exact) mass is 266 g/mol. The molecule has 96 valence electrons. The molecule has 0 spiro atoms. The number of hydrogen-bond acceptors (Lipinski definition) is 4. The zero-order valence-electron chi connectivity index (χ0n) is 9.89. The van der Waals surface area contributed by atoms with E-state index in [1.165, 1.54) is 0 Å². The minimum absolute atomic E-state index is 0.268. The van der Waals surface area contributed by atoms with Gasteiger partial charge in [-0.15, -0.1) is 0 Å². The summed E-state index contributed by atoms with van der Waals surface area (Å²) in [5.74, 6) is -0.268. The third-order valence-corrected chi connectivity index (χ3v) is 4.51. The van der Waals surface area contributed by atoms with Gasteiger partial charge in [0.05, 0.1) is 25.0 Å². The van der Waals surface area contributed by atoms with Crippen molar-refractivity contribution in [2.75, 3.05) is 12.9 Å². The van der Waals surface area contributed by atoms with Crippen LogP contribution in [-0.4, -0.2) is 42.8 Å². The number of hydrogen-bond donors (Lipinski definition) is 1. The maximum atomic E-state index is 11.6. The average molecular weight is 266 g/mol. The number of nitriles is 1. The van der Waals surface area contributed by atoms with Crippen molar-refractivity contribution in [1.82, 2.24) is 4.31 Å². The molecule has 1 aliphatic rings. The first kappa shape index (κ1) is 13.0. The molecule has 0 aliphatic carbocycles. The molecule has 1 heterocycles. The van der Waals surface area contributed by atoms with Gasteiger partial charge in [-0.1, -0.05) is 30.3 Å².